The third kappa shape index (κ3) is 13.1. The fourth-order valence-electron chi connectivity index (χ4n) is 20.9. The van der Waals surface area contributed by atoms with E-state index in [1.165, 1.54) is 184 Å². The van der Waals surface area contributed by atoms with Crippen molar-refractivity contribution in [1.29, 1.82) is 0 Å². The van der Waals surface area contributed by atoms with Crippen LogP contribution in [0, 0.1) is 12.7 Å². The molecule has 0 fully saturated rings. The number of benzene rings is 9. The standard InChI is InChI=1S/C22H18N4.C21H17N5S.C20H16FN3O.C20H15N5S.C18H17N5/c1-2-4-16-15(3-1)21-17-9-10-23-19(17)7-8-20(21)25-22(16)13-5-6-18-14(11-13)12-24-26-18;22-21-25-16-6-5-11(9-18(16)27-21)20-13-4-2-1-3-12(13)19-14-10-23-26-15(14)7-8-17(19)24-20;21-16-9-11(25)5-6-14(16)20-13-4-2-1-3-12(13)19-15-10-22-24-17(15)7-8-18(19)23-20;21-20-24-15-5-4-10(8-17(15)26-20)19-12-3-1-2-11(12)18-13-9-22-25-14(13)6-7-16(18)23-19;1-10-13(8-19-22-10)18-12-5-3-2-4-11(12)17-14-9-20-23-15(14)6-7-16(17)21-18/h5-12,25H,1-4H2,(H,24,26);5-10H,1-4H2,(H2,22,25)(H,23,26);5-10,25H,1-4H2,(H,22,24);4-9H,1-3H2,(H2,21,24)(H,22,25);6-9H,2-5H2,1H3,(H,19,22)(H,20,23). The minimum atomic E-state index is -0.441. The first-order chi connectivity index (χ1) is 62.5. The van der Waals surface area contributed by atoms with Gasteiger partial charge >= 0.3 is 0 Å². The van der Waals surface area contributed by atoms with Crippen molar-refractivity contribution < 1.29 is 9.50 Å². The third-order valence-electron chi connectivity index (χ3n) is 26.7. The van der Waals surface area contributed by atoms with E-state index in [1.807, 2.05) is 61.6 Å². The molecule has 5 aliphatic rings. The minimum Gasteiger partial charge on any atom is -0.508 e. The van der Waals surface area contributed by atoms with Crippen LogP contribution in [0.25, 0.3) is 197 Å². The van der Waals surface area contributed by atoms with Gasteiger partial charge in [-0.3, -0.25) is 35.6 Å². The highest BCUT2D eigenvalue weighted by Crippen LogP contribution is 2.47. The highest BCUT2D eigenvalue weighted by Gasteiger charge is 2.29. The molecule has 12 N–H and O–H groups in total. The molecule has 9 aromatic carbocycles. The second-order valence-corrected chi connectivity index (χ2v) is 36.2. The number of aryl methyl sites for hydroxylation is 6. The van der Waals surface area contributed by atoms with Gasteiger partial charge in [-0.25, -0.2) is 34.3 Å². The predicted molar refractivity (Wildman–Crippen MR) is 508 cm³/mol. The van der Waals surface area contributed by atoms with Crippen molar-refractivity contribution in [1.82, 2.24) is 101 Å². The fourth-order valence-corrected chi connectivity index (χ4v) is 22.5. The zero-order valence-electron chi connectivity index (χ0n) is 69.4. The number of hydrogen-bond donors (Lipinski definition) is 10. The number of nitrogen functional groups attached to an aromatic ring is 2. The van der Waals surface area contributed by atoms with Gasteiger partial charge in [-0.2, -0.15) is 30.6 Å². The Morgan fingerprint density at radius 2 is 0.717 bits per heavy atom. The summed E-state index contributed by atoms with van der Waals surface area (Å²) < 4.78 is 16.7. The maximum absolute atomic E-state index is 14.5. The number of phenolic OH excluding ortho intramolecular Hbond substituents is 1. The number of nitrogens with one attached hydrogen (secondary N) is 7. The lowest BCUT2D eigenvalue weighted by molar-refractivity contribution is 0.469. The molecule has 0 saturated carbocycles. The molecule has 0 amide bonds. The van der Waals surface area contributed by atoms with Crippen LogP contribution in [0.3, 0.4) is 0 Å². The van der Waals surface area contributed by atoms with Gasteiger partial charge in [0.25, 0.3) is 0 Å². The molecule has 5 aliphatic carbocycles. The number of H-pyrrole nitrogens is 7. The summed E-state index contributed by atoms with van der Waals surface area (Å²) in [5.74, 6) is -0.514. The molecule has 14 heterocycles. The molecule has 0 atom stereocenters. The number of thiazole rings is 2. The van der Waals surface area contributed by atoms with Gasteiger partial charge in [0, 0.05) is 111 Å². The molecule has 0 saturated heterocycles. The van der Waals surface area contributed by atoms with Gasteiger partial charge in [-0.1, -0.05) is 40.9 Å². The summed E-state index contributed by atoms with van der Waals surface area (Å²) in [6, 6.07) is 46.4. The van der Waals surface area contributed by atoms with E-state index in [-0.39, 0.29) is 5.75 Å². The molecular weight excluding hydrogens is 1620 g/mol. The second kappa shape index (κ2) is 30.9. The first kappa shape index (κ1) is 75.9. The number of rotatable bonds is 5. The molecule has 0 unspecified atom stereocenters. The molecule has 0 bridgehead atoms. The smallest absolute Gasteiger partial charge is 0.181 e. The topological polar surface area (TPSA) is 350 Å². The fraction of sp³-hybridized carbons (Fsp3) is 0.198. The van der Waals surface area contributed by atoms with Crippen LogP contribution in [0.1, 0.15) is 119 Å². The summed E-state index contributed by atoms with van der Waals surface area (Å²) in [4.78, 5) is 37.0. The number of aromatic nitrogens is 20. The lowest BCUT2D eigenvalue weighted by Crippen LogP contribution is -2.08. The highest BCUT2D eigenvalue weighted by molar-refractivity contribution is 7.22. The predicted octanol–water partition coefficient (Wildman–Crippen LogP) is 22.6. The van der Waals surface area contributed by atoms with Crippen LogP contribution in [-0.2, 0) is 64.2 Å². The van der Waals surface area contributed by atoms with Gasteiger partial charge in [-0.15, -0.1) is 0 Å². The van der Waals surface area contributed by atoms with Crippen LogP contribution < -0.4 is 11.5 Å². The Morgan fingerprint density at radius 1 is 0.323 bits per heavy atom. The van der Waals surface area contributed by atoms with E-state index in [9.17, 15) is 9.50 Å². The van der Waals surface area contributed by atoms with E-state index in [0.717, 1.165) is 220 Å². The first-order valence-corrected chi connectivity index (χ1v) is 45.4. The summed E-state index contributed by atoms with van der Waals surface area (Å²) in [5.41, 5.74) is 50.5. The summed E-state index contributed by atoms with van der Waals surface area (Å²) in [5, 5.41) is 67.6. The molecule has 622 valence electrons. The first-order valence-electron chi connectivity index (χ1n) is 43.8. The number of halogens is 1. The zero-order valence-corrected chi connectivity index (χ0v) is 71.0. The maximum Gasteiger partial charge on any atom is 0.181 e. The second-order valence-electron chi connectivity index (χ2n) is 34.1. The molecule has 23 aromatic rings. The number of anilines is 2. The normalized spacial score (nSPS) is 14.2. The van der Waals surface area contributed by atoms with Crippen molar-refractivity contribution in [2.45, 2.75) is 129 Å². The van der Waals surface area contributed by atoms with Crippen LogP contribution in [0.2, 0.25) is 0 Å². The Hall–Kier alpha value is -14.8. The van der Waals surface area contributed by atoms with Crippen molar-refractivity contribution in [2.24, 2.45) is 0 Å². The molecule has 0 radical (unpaired) electrons. The largest absolute Gasteiger partial charge is 0.508 e. The van der Waals surface area contributed by atoms with Gasteiger partial charge in [0.1, 0.15) is 11.6 Å². The SMILES string of the molecule is Cc1[nH]ncc1-c1nc2ccc3[nH]ncc3c2c2c1CCCC2.Nc1nc2ccc(-c3nc4ccc5[nH]ncc5c4c4c3CCC4)cc2s1.Nc1nc2ccc(-c3nc4ccc5[nH]ncc5c4c4c3CCCC4)cc2s1.Oc1ccc(-c2nc3ccc4[nH]ncc4c3c3c2CCCC3)c(F)c1.c1cc2c(ccc3[nH]c(-c4ccc5[nH]ncc5c4)c4c(c32)CCCC4)n1. The lowest BCUT2D eigenvalue weighted by atomic mass is 9.85. The van der Waals surface area contributed by atoms with E-state index < -0.39 is 5.82 Å². The Bertz CT molecular complexity index is 8400. The number of pyridine rings is 5. The number of aromatic hydroxyl groups is 1. The van der Waals surface area contributed by atoms with Crippen molar-refractivity contribution >= 4 is 173 Å². The summed E-state index contributed by atoms with van der Waals surface area (Å²) >= 11 is 3.06. The van der Waals surface area contributed by atoms with Crippen molar-refractivity contribution in [2.75, 3.05) is 11.5 Å². The summed E-state index contributed by atoms with van der Waals surface area (Å²) in [7, 11) is 0. The van der Waals surface area contributed by atoms with Gasteiger partial charge < -0.3 is 21.6 Å². The Kier molecular flexibility index (Phi) is 18.5. The Balaban J connectivity index is 0.0000000887. The minimum absolute atomic E-state index is 0.0731. The molecular formula is C101H83FN22OS2. The van der Waals surface area contributed by atoms with E-state index in [0.29, 0.717) is 21.5 Å². The quantitative estimate of drug-likeness (QED) is 0.0765. The van der Waals surface area contributed by atoms with E-state index in [4.69, 9.17) is 31.4 Å². The number of nitrogens with zero attached hydrogens (tertiary/aromatic N) is 13. The molecule has 0 aliphatic heterocycles. The average Bonchev–Trinajstić information content (AvgIpc) is 1.62. The maximum atomic E-state index is 14.5. The van der Waals surface area contributed by atoms with E-state index >= 15 is 0 Å². The third-order valence-corrected chi connectivity index (χ3v) is 28.4. The lowest BCUT2D eigenvalue weighted by Gasteiger charge is -2.23. The van der Waals surface area contributed by atoms with Gasteiger partial charge in [0.15, 0.2) is 10.3 Å². The van der Waals surface area contributed by atoms with Crippen molar-refractivity contribution in [3.63, 3.8) is 0 Å². The number of fused-ring (bicyclic) bond motifs is 28. The van der Waals surface area contributed by atoms with Gasteiger partial charge in [-0.05, 0) is 305 Å². The molecule has 127 heavy (non-hydrogen) atoms. The van der Waals surface area contributed by atoms with Crippen molar-refractivity contribution in [3.8, 4) is 62.0 Å². The molecule has 23 nitrogen and oxygen atoms in total. The molecule has 0 spiro atoms. The van der Waals surface area contributed by atoms with Crippen LogP contribution in [0.5, 0.6) is 5.75 Å². The molecule has 28 rings (SSSR count). The Labute approximate surface area is 731 Å². The van der Waals surface area contributed by atoms with Crippen LogP contribution in [0.4, 0.5) is 14.7 Å². The number of phenols is 1. The van der Waals surface area contributed by atoms with Crippen molar-refractivity contribution in [3.05, 3.63) is 250 Å². The average molecular weight is 1700 g/mol. The Morgan fingerprint density at radius 3 is 1.21 bits per heavy atom. The molecule has 14 aromatic heterocycles. The van der Waals surface area contributed by atoms with Crippen LogP contribution >= 0.6 is 22.7 Å². The number of nitrogens with two attached hydrogens (primary N) is 2. The highest BCUT2D eigenvalue weighted by atomic mass is 32.1. The van der Waals surface area contributed by atoms with E-state index in [1.54, 1.807) is 6.07 Å². The van der Waals surface area contributed by atoms with Crippen LogP contribution in [-0.4, -0.2) is 106 Å². The summed E-state index contributed by atoms with van der Waals surface area (Å²) in [6.45, 7) is 2.06. The molecule has 26 heteroatoms. The monoisotopic (exact) mass is 1700 g/mol. The number of aromatic amines is 7. The van der Waals surface area contributed by atoms with Crippen LogP contribution in [0.15, 0.2) is 183 Å². The van der Waals surface area contributed by atoms with Gasteiger partial charge in [0.2, 0.25) is 0 Å². The summed E-state index contributed by atoms with van der Waals surface area (Å²) in [6.07, 6.45) is 34.8. The number of hydrogen-bond acceptors (Lipinski definition) is 18. The van der Waals surface area contributed by atoms with Gasteiger partial charge in [0.05, 0.1) is 136 Å². The van der Waals surface area contributed by atoms with E-state index in [2.05, 4.69) is 191 Å². The zero-order chi connectivity index (χ0) is 84.6.